The van der Waals surface area contributed by atoms with Crippen molar-refractivity contribution in [2.24, 2.45) is 5.92 Å². The largest absolute Gasteiger partial charge is 0.369 e. The average molecular weight is 364 g/mol. The second-order valence-electron chi connectivity index (χ2n) is 4.79. The fourth-order valence-electron chi connectivity index (χ4n) is 1.48. The maximum atomic E-state index is 12.4. The topological polar surface area (TPSA) is 71.1 Å². The van der Waals surface area contributed by atoms with Crippen molar-refractivity contribution in [2.45, 2.75) is 38.5 Å². The molecule has 0 aliphatic rings. The number of halogens is 1. The second kappa shape index (κ2) is 7.95. The number of nitrogens with one attached hydrogen (secondary N) is 2. The van der Waals surface area contributed by atoms with Crippen LogP contribution in [0.15, 0.2) is 21.6 Å². The molecule has 1 unspecified atom stereocenters. The highest BCUT2D eigenvalue weighted by Gasteiger charge is 2.20. The smallest absolute Gasteiger partial charge is 0.244 e. The van der Waals surface area contributed by atoms with Gasteiger partial charge in [0.25, 0.3) is 0 Å². The lowest BCUT2D eigenvalue weighted by Gasteiger charge is -2.14. The number of hydrogen-bond acceptors (Lipinski definition) is 4. The summed E-state index contributed by atoms with van der Waals surface area (Å²) in [6, 6.07) is 1.57. The second-order valence-corrected chi connectivity index (χ2v) is 7.44. The lowest BCUT2D eigenvalue weighted by atomic mass is 10.1. The fourth-order valence-corrected chi connectivity index (χ4v) is 3.28. The van der Waals surface area contributed by atoms with Crippen molar-refractivity contribution in [3.63, 3.8) is 0 Å². The fraction of sp³-hybridized carbons (Fsp3) is 0.615. The van der Waals surface area contributed by atoms with E-state index < -0.39 is 10.0 Å². The number of rotatable bonds is 8. The van der Waals surface area contributed by atoms with Crippen LogP contribution in [-0.4, -0.2) is 26.5 Å². The SMILES string of the molecule is CCCNc1ncc(Br)cc1S(=O)(=O)NCC(C)CC. The molecule has 0 radical (unpaired) electrons. The predicted molar refractivity (Wildman–Crippen MR) is 85.4 cm³/mol. The molecule has 20 heavy (non-hydrogen) atoms. The zero-order valence-corrected chi connectivity index (χ0v) is 14.5. The molecule has 1 aromatic heterocycles. The molecule has 0 aliphatic carbocycles. The Hall–Kier alpha value is -0.660. The third-order valence-corrected chi connectivity index (χ3v) is 4.84. The summed E-state index contributed by atoms with van der Waals surface area (Å²) in [6.07, 6.45) is 3.42. The zero-order valence-electron chi connectivity index (χ0n) is 12.1. The van der Waals surface area contributed by atoms with E-state index in [9.17, 15) is 8.42 Å². The van der Waals surface area contributed by atoms with E-state index in [2.05, 4.69) is 31.0 Å². The molecule has 0 bridgehead atoms. The molecule has 0 saturated carbocycles. The Morgan fingerprint density at radius 3 is 2.70 bits per heavy atom. The monoisotopic (exact) mass is 363 g/mol. The Morgan fingerprint density at radius 2 is 2.10 bits per heavy atom. The van der Waals surface area contributed by atoms with Crippen LogP contribution in [0, 0.1) is 5.92 Å². The number of aromatic nitrogens is 1. The van der Waals surface area contributed by atoms with Crippen LogP contribution in [0.5, 0.6) is 0 Å². The minimum absolute atomic E-state index is 0.184. The first-order valence-corrected chi connectivity index (χ1v) is 9.07. The van der Waals surface area contributed by atoms with Crippen LogP contribution in [0.2, 0.25) is 0 Å². The summed E-state index contributed by atoms with van der Waals surface area (Å²) >= 11 is 3.27. The molecule has 1 rings (SSSR count). The highest BCUT2D eigenvalue weighted by molar-refractivity contribution is 9.10. The van der Waals surface area contributed by atoms with Crippen LogP contribution in [0.1, 0.15) is 33.6 Å². The summed E-state index contributed by atoms with van der Waals surface area (Å²) in [7, 11) is -3.55. The van der Waals surface area contributed by atoms with Crippen molar-refractivity contribution in [1.82, 2.24) is 9.71 Å². The minimum atomic E-state index is -3.55. The number of nitrogens with zero attached hydrogens (tertiary/aromatic N) is 1. The summed E-state index contributed by atoms with van der Waals surface area (Å²) in [5.74, 6) is 0.698. The standard InChI is InChI=1S/C13H22BrN3O2S/c1-4-6-15-13-12(7-11(14)9-16-13)20(18,19)17-8-10(3)5-2/h7,9-10,17H,4-6,8H2,1-3H3,(H,15,16). The maximum absolute atomic E-state index is 12.4. The molecule has 0 amide bonds. The molecular formula is C13H22BrN3O2S. The summed E-state index contributed by atoms with van der Waals surface area (Å²) in [5, 5.41) is 3.05. The van der Waals surface area contributed by atoms with Gasteiger partial charge in [-0.25, -0.2) is 18.1 Å². The number of pyridine rings is 1. The predicted octanol–water partition coefficient (Wildman–Crippen LogP) is 2.99. The molecule has 1 heterocycles. The van der Waals surface area contributed by atoms with Crippen LogP contribution in [0.25, 0.3) is 0 Å². The van der Waals surface area contributed by atoms with Crippen LogP contribution < -0.4 is 10.0 Å². The molecule has 0 fully saturated rings. The summed E-state index contributed by atoms with van der Waals surface area (Å²) in [6.45, 7) is 7.17. The molecule has 5 nitrogen and oxygen atoms in total. The van der Waals surface area contributed by atoms with Crippen molar-refractivity contribution in [1.29, 1.82) is 0 Å². The van der Waals surface area contributed by atoms with Gasteiger partial charge in [-0.05, 0) is 34.3 Å². The first-order valence-electron chi connectivity index (χ1n) is 6.79. The highest BCUT2D eigenvalue weighted by Crippen LogP contribution is 2.23. The molecule has 7 heteroatoms. The van der Waals surface area contributed by atoms with Gasteiger partial charge < -0.3 is 5.32 Å². The molecule has 1 atom stereocenters. The first-order chi connectivity index (χ1) is 9.40. The van der Waals surface area contributed by atoms with Crippen molar-refractivity contribution < 1.29 is 8.42 Å². The molecule has 114 valence electrons. The average Bonchev–Trinajstić information content (AvgIpc) is 2.43. The number of anilines is 1. The summed E-state index contributed by atoms with van der Waals surface area (Å²) in [4.78, 5) is 4.34. The molecule has 0 saturated heterocycles. The maximum Gasteiger partial charge on any atom is 0.244 e. The van der Waals surface area contributed by atoms with E-state index in [1.54, 1.807) is 12.3 Å². The molecular weight excluding hydrogens is 342 g/mol. The number of sulfonamides is 1. The van der Waals surface area contributed by atoms with Gasteiger partial charge in [0.15, 0.2) is 0 Å². The van der Waals surface area contributed by atoms with Crippen LogP contribution in [0.4, 0.5) is 5.82 Å². The van der Waals surface area contributed by atoms with Crippen molar-refractivity contribution in [3.05, 3.63) is 16.7 Å². The van der Waals surface area contributed by atoms with Gasteiger partial charge in [-0.3, -0.25) is 0 Å². The Labute approximate surface area is 129 Å². The number of hydrogen-bond donors (Lipinski definition) is 2. The zero-order chi connectivity index (χ0) is 15.2. The van der Waals surface area contributed by atoms with E-state index in [0.29, 0.717) is 29.3 Å². The van der Waals surface area contributed by atoms with Gasteiger partial charge in [-0.2, -0.15) is 0 Å². The quantitative estimate of drug-likeness (QED) is 0.744. The van der Waals surface area contributed by atoms with E-state index in [1.165, 1.54) is 0 Å². The summed E-state index contributed by atoms with van der Waals surface area (Å²) in [5.41, 5.74) is 0. The molecule has 2 N–H and O–H groups in total. The molecule has 0 aliphatic heterocycles. The van der Waals surface area contributed by atoms with E-state index in [0.717, 1.165) is 12.8 Å². The van der Waals surface area contributed by atoms with E-state index in [4.69, 9.17) is 0 Å². The van der Waals surface area contributed by atoms with Gasteiger partial charge in [0.1, 0.15) is 10.7 Å². The van der Waals surface area contributed by atoms with Crippen LogP contribution >= 0.6 is 15.9 Å². The van der Waals surface area contributed by atoms with Crippen LogP contribution in [-0.2, 0) is 10.0 Å². The summed E-state index contributed by atoms with van der Waals surface area (Å²) < 4.78 is 28.0. The van der Waals surface area contributed by atoms with E-state index >= 15 is 0 Å². The van der Waals surface area contributed by atoms with Crippen LogP contribution in [0.3, 0.4) is 0 Å². The Bertz CT molecular complexity index is 534. The highest BCUT2D eigenvalue weighted by atomic mass is 79.9. The van der Waals surface area contributed by atoms with Crippen molar-refractivity contribution in [2.75, 3.05) is 18.4 Å². The van der Waals surface area contributed by atoms with Gasteiger partial charge >= 0.3 is 0 Å². The normalized spacial score (nSPS) is 13.2. The van der Waals surface area contributed by atoms with E-state index in [1.807, 2.05) is 20.8 Å². The third kappa shape index (κ3) is 5.03. The Balaban J connectivity index is 2.99. The third-order valence-electron chi connectivity index (χ3n) is 2.97. The van der Waals surface area contributed by atoms with Crippen molar-refractivity contribution >= 4 is 31.8 Å². The lowest BCUT2D eigenvalue weighted by Crippen LogP contribution is -2.29. The molecule has 0 aromatic carbocycles. The van der Waals surface area contributed by atoms with Gasteiger partial charge in [0, 0.05) is 23.8 Å². The van der Waals surface area contributed by atoms with E-state index in [-0.39, 0.29) is 4.90 Å². The van der Waals surface area contributed by atoms with Gasteiger partial charge in [0.2, 0.25) is 10.0 Å². The molecule has 1 aromatic rings. The van der Waals surface area contributed by atoms with Gasteiger partial charge in [0.05, 0.1) is 0 Å². The van der Waals surface area contributed by atoms with Crippen molar-refractivity contribution in [3.8, 4) is 0 Å². The Kier molecular flexibility index (Phi) is 6.91. The van der Waals surface area contributed by atoms with Gasteiger partial charge in [-0.15, -0.1) is 0 Å². The Morgan fingerprint density at radius 1 is 1.40 bits per heavy atom. The lowest BCUT2D eigenvalue weighted by molar-refractivity contribution is 0.528. The first kappa shape index (κ1) is 17.4. The minimum Gasteiger partial charge on any atom is -0.369 e. The molecule has 0 spiro atoms. The van der Waals surface area contributed by atoms with Gasteiger partial charge in [-0.1, -0.05) is 27.2 Å².